The van der Waals surface area contributed by atoms with Crippen molar-refractivity contribution in [3.05, 3.63) is 24.3 Å². The summed E-state index contributed by atoms with van der Waals surface area (Å²) in [6.45, 7) is 6.13. The summed E-state index contributed by atoms with van der Waals surface area (Å²) in [5.74, 6) is 0.398. The Bertz CT molecular complexity index is 262. The van der Waals surface area contributed by atoms with Gasteiger partial charge < -0.3 is 0 Å². The number of carbonyl (C=O) groups excluding carboxylic acids is 1. The number of hydrogen-bond acceptors (Lipinski definition) is 1. The molecule has 0 amide bonds. The first-order valence-corrected chi connectivity index (χ1v) is 4.01. The molecule has 58 valence electrons. The predicted molar refractivity (Wildman–Crippen MR) is 44.1 cm³/mol. The van der Waals surface area contributed by atoms with Gasteiger partial charge in [-0.3, -0.25) is 4.79 Å². The number of rotatable bonds is 0. The zero-order chi connectivity index (χ0) is 8.06. The van der Waals surface area contributed by atoms with Gasteiger partial charge in [-0.05, 0) is 24.3 Å². The van der Waals surface area contributed by atoms with Crippen LogP contribution in [-0.2, 0) is 4.79 Å². The van der Waals surface area contributed by atoms with E-state index in [9.17, 15) is 4.79 Å². The Balaban J connectivity index is 2.43. The Morgan fingerprint density at radius 1 is 1.73 bits per heavy atom. The van der Waals surface area contributed by atoms with Gasteiger partial charge in [0.05, 0.1) is 0 Å². The van der Waals surface area contributed by atoms with Crippen molar-refractivity contribution in [3.63, 3.8) is 0 Å². The van der Waals surface area contributed by atoms with Crippen molar-refractivity contribution in [2.45, 2.75) is 19.8 Å². The summed E-state index contributed by atoms with van der Waals surface area (Å²) in [5, 5.41) is 0. The summed E-state index contributed by atoms with van der Waals surface area (Å²) in [5.41, 5.74) is 1.37. The highest BCUT2D eigenvalue weighted by atomic mass is 16.1. The van der Waals surface area contributed by atoms with E-state index in [4.69, 9.17) is 0 Å². The maximum atomic E-state index is 11.3. The number of hydrogen-bond donors (Lipinski definition) is 0. The fourth-order valence-corrected chi connectivity index (χ4v) is 2.15. The van der Waals surface area contributed by atoms with Gasteiger partial charge in [0.15, 0.2) is 5.78 Å². The summed E-state index contributed by atoms with van der Waals surface area (Å²) < 4.78 is 0. The van der Waals surface area contributed by atoms with E-state index >= 15 is 0 Å². The lowest BCUT2D eigenvalue weighted by molar-refractivity contribution is -0.117. The van der Waals surface area contributed by atoms with Gasteiger partial charge in [-0.25, -0.2) is 0 Å². The highest BCUT2D eigenvalue weighted by Gasteiger charge is 2.41. The van der Waals surface area contributed by atoms with Crippen molar-refractivity contribution < 1.29 is 4.79 Å². The average Bonchev–Trinajstić information content (AvgIpc) is 2.18. The standard InChI is InChI=1S/C10H12O/c1-7-5-10(2)4-3-9(11)8(7)6-10/h3-4,8H,1,5-6H2,2H3/t8-,10-/m0/s1. The molecule has 0 unspecified atom stereocenters. The van der Waals surface area contributed by atoms with Crippen LogP contribution in [0.25, 0.3) is 0 Å². The van der Waals surface area contributed by atoms with Crippen LogP contribution in [0.1, 0.15) is 19.8 Å². The molecule has 2 atom stereocenters. The van der Waals surface area contributed by atoms with Crippen molar-refractivity contribution in [3.8, 4) is 0 Å². The molecule has 0 spiro atoms. The molecule has 0 radical (unpaired) electrons. The molecule has 1 heteroatoms. The third-order valence-corrected chi connectivity index (χ3v) is 2.79. The van der Waals surface area contributed by atoms with Crippen molar-refractivity contribution in [2.24, 2.45) is 11.3 Å². The van der Waals surface area contributed by atoms with Crippen molar-refractivity contribution in [1.29, 1.82) is 0 Å². The van der Waals surface area contributed by atoms with E-state index in [-0.39, 0.29) is 17.1 Å². The quantitative estimate of drug-likeness (QED) is 0.481. The second-order valence-electron chi connectivity index (χ2n) is 3.98. The van der Waals surface area contributed by atoms with Gasteiger partial charge in [0.25, 0.3) is 0 Å². The van der Waals surface area contributed by atoms with Crippen molar-refractivity contribution >= 4 is 5.78 Å². The molecule has 11 heavy (non-hydrogen) atoms. The van der Waals surface area contributed by atoms with Gasteiger partial charge in [0.2, 0.25) is 0 Å². The molecule has 0 aromatic rings. The number of allylic oxidation sites excluding steroid dienone is 3. The molecule has 2 aliphatic carbocycles. The largest absolute Gasteiger partial charge is 0.294 e. The molecular weight excluding hydrogens is 136 g/mol. The Morgan fingerprint density at radius 2 is 2.45 bits per heavy atom. The molecule has 0 aliphatic heterocycles. The molecule has 0 saturated heterocycles. The molecule has 0 aromatic carbocycles. The van der Waals surface area contributed by atoms with E-state index in [2.05, 4.69) is 13.5 Å². The average molecular weight is 148 g/mol. The highest BCUT2D eigenvalue weighted by Crippen LogP contribution is 2.48. The van der Waals surface area contributed by atoms with Gasteiger partial charge in [-0.2, -0.15) is 0 Å². The fraction of sp³-hybridized carbons (Fsp3) is 0.500. The summed E-state index contributed by atoms with van der Waals surface area (Å²) in [7, 11) is 0. The van der Waals surface area contributed by atoms with Crippen LogP contribution < -0.4 is 0 Å². The summed E-state index contributed by atoms with van der Waals surface area (Å²) in [6, 6.07) is 0. The van der Waals surface area contributed by atoms with Gasteiger partial charge in [-0.15, -0.1) is 0 Å². The highest BCUT2D eigenvalue weighted by molar-refractivity contribution is 5.95. The maximum absolute atomic E-state index is 11.3. The molecule has 2 bridgehead atoms. The van der Waals surface area contributed by atoms with Gasteiger partial charge in [0.1, 0.15) is 0 Å². The minimum absolute atomic E-state index is 0.144. The number of ketones is 1. The normalized spacial score (nSPS) is 41.7. The zero-order valence-corrected chi connectivity index (χ0v) is 6.76. The van der Waals surface area contributed by atoms with Crippen LogP contribution in [0, 0.1) is 11.3 Å². The van der Waals surface area contributed by atoms with E-state index < -0.39 is 0 Å². The summed E-state index contributed by atoms with van der Waals surface area (Å²) in [4.78, 5) is 11.3. The van der Waals surface area contributed by atoms with Gasteiger partial charge in [-0.1, -0.05) is 25.2 Å². The second kappa shape index (κ2) is 1.84. The zero-order valence-electron chi connectivity index (χ0n) is 6.76. The smallest absolute Gasteiger partial charge is 0.162 e. The number of carbonyl (C=O) groups is 1. The molecular formula is C10H12O. The maximum Gasteiger partial charge on any atom is 0.162 e. The van der Waals surface area contributed by atoms with Crippen LogP contribution in [-0.4, -0.2) is 5.78 Å². The molecule has 1 nitrogen and oxygen atoms in total. The Morgan fingerprint density at radius 3 is 3.09 bits per heavy atom. The third kappa shape index (κ3) is 0.873. The van der Waals surface area contributed by atoms with Gasteiger partial charge >= 0.3 is 0 Å². The topological polar surface area (TPSA) is 17.1 Å². The van der Waals surface area contributed by atoms with Crippen LogP contribution in [0.4, 0.5) is 0 Å². The summed E-state index contributed by atoms with van der Waals surface area (Å²) in [6.07, 6.45) is 5.76. The number of fused-ring (bicyclic) bond motifs is 2. The second-order valence-corrected chi connectivity index (χ2v) is 3.98. The van der Waals surface area contributed by atoms with Crippen LogP contribution in [0.2, 0.25) is 0 Å². The molecule has 0 heterocycles. The monoisotopic (exact) mass is 148 g/mol. The molecule has 2 aliphatic rings. The first-order valence-electron chi connectivity index (χ1n) is 4.01. The summed E-state index contributed by atoms with van der Waals surface area (Å²) >= 11 is 0. The Labute approximate surface area is 66.8 Å². The van der Waals surface area contributed by atoms with Crippen LogP contribution in [0.3, 0.4) is 0 Å². The predicted octanol–water partition coefficient (Wildman–Crippen LogP) is 2.10. The Kier molecular flexibility index (Phi) is 1.15. The third-order valence-electron chi connectivity index (χ3n) is 2.79. The first kappa shape index (κ1) is 6.84. The van der Waals surface area contributed by atoms with Crippen molar-refractivity contribution in [1.82, 2.24) is 0 Å². The lowest BCUT2D eigenvalue weighted by Crippen LogP contribution is -2.18. The first-order chi connectivity index (χ1) is 5.11. The van der Waals surface area contributed by atoms with Crippen LogP contribution >= 0.6 is 0 Å². The van der Waals surface area contributed by atoms with Crippen LogP contribution in [0.5, 0.6) is 0 Å². The van der Waals surface area contributed by atoms with Crippen LogP contribution in [0.15, 0.2) is 24.3 Å². The minimum atomic E-state index is 0.144. The molecule has 2 rings (SSSR count). The van der Waals surface area contributed by atoms with Crippen molar-refractivity contribution in [2.75, 3.05) is 0 Å². The van der Waals surface area contributed by atoms with Gasteiger partial charge in [0, 0.05) is 5.92 Å². The molecule has 0 N–H and O–H groups in total. The molecule has 1 fully saturated rings. The Hall–Kier alpha value is -0.850. The van der Waals surface area contributed by atoms with E-state index in [1.807, 2.05) is 6.08 Å². The molecule has 0 aromatic heterocycles. The minimum Gasteiger partial charge on any atom is -0.294 e. The SMILES string of the molecule is C=C1C[C@]2(C)C=CC(=O)[C@H]1C2. The lowest BCUT2D eigenvalue weighted by Gasteiger charge is -2.21. The van der Waals surface area contributed by atoms with E-state index in [0.29, 0.717) is 0 Å². The molecule has 1 saturated carbocycles. The fourth-order valence-electron chi connectivity index (χ4n) is 2.15. The van der Waals surface area contributed by atoms with E-state index in [1.54, 1.807) is 6.08 Å². The van der Waals surface area contributed by atoms with E-state index in [1.165, 1.54) is 0 Å². The van der Waals surface area contributed by atoms with E-state index in [0.717, 1.165) is 18.4 Å². The lowest BCUT2D eigenvalue weighted by atomic mass is 9.82.